The second kappa shape index (κ2) is 3.60. The fourth-order valence-corrected chi connectivity index (χ4v) is 1.86. The maximum atomic E-state index is 10.4. The monoisotopic (exact) mass is 206 g/mol. The van der Waals surface area contributed by atoms with Crippen LogP contribution in [0.4, 0.5) is 0 Å². The van der Waals surface area contributed by atoms with E-state index in [0.717, 1.165) is 5.56 Å². The maximum Gasteiger partial charge on any atom is 0.128 e. The molecule has 1 aliphatic carbocycles. The normalized spacial score (nSPS) is 26.0. The van der Waals surface area contributed by atoms with Crippen molar-refractivity contribution < 1.29 is 5.11 Å². The zero-order valence-electron chi connectivity index (χ0n) is 7.65. The van der Waals surface area contributed by atoms with Gasteiger partial charge in [0.2, 0.25) is 0 Å². The predicted molar refractivity (Wildman–Crippen MR) is 58.0 cm³/mol. The largest absolute Gasteiger partial charge is 0.379 e. The average molecular weight is 207 g/mol. The Hall–Kier alpha value is -1.05. The highest BCUT2D eigenvalue weighted by Gasteiger charge is 2.32. The Bertz CT molecular complexity index is 381. The first kappa shape index (κ1) is 9.50. The third-order valence-electron chi connectivity index (χ3n) is 2.44. The molecular formula is C12H11ClO. The third-order valence-corrected chi connectivity index (χ3v) is 2.88. The summed E-state index contributed by atoms with van der Waals surface area (Å²) < 4.78 is 0. The molecule has 2 rings (SSSR count). The molecular weight excluding hydrogens is 196 g/mol. The topological polar surface area (TPSA) is 20.2 Å². The fraction of sp³-hybridized carbons (Fsp3) is 0.167. The van der Waals surface area contributed by atoms with Gasteiger partial charge in [0.05, 0.1) is 5.03 Å². The molecule has 1 atom stereocenters. The van der Waals surface area contributed by atoms with Gasteiger partial charge in [0, 0.05) is 6.42 Å². The van der Waals surface area contributed by atoms with Gasteiger partial charge < -0.3 is 5.11 Å². The minimum atomic E-state index is -1.03. The van der Waals surface area contributed by atoms with Crippen molar-refractivity contribution in [1.82, 2.24) is 0 Å². The summed E-state index contributed by atoms with van der Waals surface area (Å²) in [6, 6.07) is 9.49. The Morgan fingerprint density at radius 3 is 2.57 bits per heavy atom. The molecule has 1 aromatic rings. The van der Waals surface area contributed by atoms with Crippen molar-refractivity contribution >= 4 is 11.6 Å². The molecule has 14 heavy (non-hydrogen) atoms. The van der Waals surface area contributed by atoms with E-state index in [1.54, 1.807) is 6.08 Å². The van der Waals surface area contributed by atoms with E-state index in [1.807, 2.05) is 42.5 Å². The Labute approximate surface area is 88.3 Å². The van der Waals surface area contributed by atoms with Gasteiger partial charge in [-0.3, -0.25) is 0 Å². The lowest BCUT2D eigenvalue weighted by molar-refractivity contribution is 0.0864. The van der Waals surface area contributed by atoms with Crippen LogP contribution in [0, 0.1) is 0 Å². The smallest absolute Gasteiger partial charge is 0.128 e. The highest BCUT2D eigenvalue weighted by Crippen LogP contribution is 2.37. The number of hydrogen-bond donors (Lipinski definition) is 1. The van der Waals surface area contributed by atoms with Crippen LogP contribution in [0.15, 0.2) is 53.6 Å². The number of hydrogen-bond acceptors (Lipinski definition) is 1. The molecule has 0 amide bonds. The number of benzene rings is 1. The molecule has 0 heterocycles. The molecule has 1 aliphatic rings. The van der Waals surface area contributed by atoms with Crippen molar-refractivity contribution in [2.45, 2.75) is 12.0 Å². The molecule has 1 N–H and O–H groups in total. The van der Waals surface area contributed by atoms with Crippen LogP contribution in [0.5, 0.6) is 0 Å². The van der Waals surface area contributed by atoms with E-state index in [0.29, 0.717) is 11.5 Å². The van der Waals surface area contributed by atoms with Crippen LogP contribution in [0.3, 0.4) is 0 Å². The summed E-state index contributed by atoms with van der Waals surface area (Å²) >= 11 is 6.02. The van der Waals surface area contributed by atoms with E-state index in [-0.39, 0.29) is 0 Å². The van der Waals surface area contributed by atoms with Crippen molar-refractivity contribution in [3.8, 4) is 0 Å². The van der Waals surface area contributed by atoms with Gasteiger partial charge in [-0.25, -0.2) is 0 Å². The molecule has 1 nitrogen and oxygen atoms in total. The Morgan fingerprint density at radius 2 is 1.93 bits per heavy atom. The molecule has 0 saturated heterocycles. The molecule has 0 spiro atoms. The second-order valence-electron chi connectivity index (χ2n) is 3.37. The molecule has 2 heteroatoms. The van der Waals surface area contributed by atoms with Crippen LogP contribution in [-0.2, 0) is 5.60 Å². The maximum absolute atomic E-state index is 10.4. The van der Waals surface area contributed by atoms with E-state index in [4.69, 9.17) is 11.6 Å². The summed E-state index contributed by atoms with van der Waals surface area (Å²) in [6.07, 6.45) is 6.04. The summed E-state index contributed by atoms with van der Waals surface area (Å²) in [6.45, 7) is 0. The van der Waals surface area contributed by atoms with E-state index in [1.165, 1.54) is 0 Å². The zero-order valence-corrected chi connectivity index (χ0v) is 8.41. The number of rotatable bonds is 1. The molecule has 0 bridgehead atoms. The van der Waals surface area contributed by atoms with Gasteiger partial charge in [-0.15, -0.1) is 0 Å². The summed E-state index contributed by atoms with van der Waals surface area (Å²) in [7, 11) is 0. The van der Waals surface area contributed by atoms with Crippen LogP contribution < -0.4 is 0 Å². The van der Waals surface area contributed by atoms with Gasteiger partial charge in [-0.2, -0.15) is 0 Å². The van der Waals surface area contributed by atoms with Crippen molar-refractivity contribution in [2.24, 2.45) is 0 Å². The van der Waals surface area contributed by atoms with Crippen LogP contribution in [0.2, 0.25) is 0 Å². The molecule has 0 aromatic heterocycles. The van der Waals surface area contributed by atoms with E-state index < -0.39 is 5.60 Å². The van der Waals surface area contributed by atoms with E-state index in [2.05, 4.69) is 0 Å². The third kappa shape index (κ3) is 1.49. The molecule has 72 valence electrons. The molecule has 0 aliphatic heterocycles. The van der Waals surface area contributed by atoms with E-state index >= 15 is 0 Å². The Morgan fingerprint density at radius 1 is 1.21 bits per heavy atom. The molecule has 0 radical (unpaired) electrons. The lowest BCUT2D eigenvalue weighted by atomic mass is 9.87. The number of aliphatic hydroxyl groups is 1. The summed E-state index contributed by atoms with van der Waals surface area (Å²) in [4.78, 5) is 0. The van der Waals surface area contributed by atoms with Crippen molar-refractivity contribution in [2.75, 3.05) is 0 Å². The minimum Gasteiger partial charge on any atom is -0.379 e. The standard InChI is InChI=1S/C12H11ClO/c13-11-8-4-5-9-12(11,14)10-6-2-1-3-7-10/h1-8,14H,9H2. The van der Waals surface area contributed by atoms with Crippen molar-refractivity contribution in [1.29, 1.82) is 0 Å². The molecule has 0 fully saturated rings. The second-order valence-corrected chi connectivity index (χ2v) is 3.78. The highest BCUT2D eigenvalue weighted by atomic mass is 35.5. The molecule has 1 aromatic carbocycles. The van der Waals surface area contributed by atoms with Crippen LogP contribution >= 0.6 is 11.6 Å². The molecule has 0 saturated carbocycles. The van der Waals surface area contributed by atoms with Crippen LogP contribution in [-0.4, -0.2) is 5.11 Å². The first-order chi connectivity index (χ1) is 6.73. The van der Waals surface area contributed by atoms with Crippen LogP contribution in [0.1, 0.15) is 12.0 Å². The van der Waals surface area contributed by atoms with Crippen molar-refractivity contribution in [3.05, 3.63) is 59.2 Å². The lowest BCUT2D eigenvalue weighted by Gasteiger charge is -2.28. The average Bonchev–Trinajstić information content (AvgIpc) is 2.24. The van der Waals surface area contributed by atoms with Gasteiger partial charge in [-0.1, -0.05) is 54.1 Å². The SMILES string of the molecule is OC1(c2ccccc2)CC=CC=C1Cl. The predicted octanol–water partition coefficient (Wildman–Crippen LogP) is 2.96. The Kier molecular flexibility index (Phi) is 2.44. The Balaban J connectivity index is 2.43. The first-order valence-corrected chi connectivity index (χ1v) is 4.92. The van der Waals surface area contributed by atoms with Crippen molar-refractivity contribution in [3.63, 3.8) is 0 Å². The van der Waals surface area contributed by atoms with Crippen LogP contribution in [0.25, 0.3) is 0 Å². The highest BCUT2D eigenvalue weighted by molar-refractivity contribution is 6.30. The number of halogens is 1. The summed E-state index contributed by atoms with van der Waals surface area (Å²) in [5, 5.41) is 10.8. The zero-order chi connectivity index (χ0) is 10.0. The fourth-order valence-electron chi connectivity index (χ4n) is 1.60. The van der Waals surface area contributed by atoms with Gasteiger partial charge >= 0.3 is 0 Å². The van der Waals surface area contributed by atoms with E-state index in [9.17, 15) is 5.11 Å². The van der Waals surface area contributed by atoms with Gasteiger partial charge in [0.25, 0.3) is 0 Å². The minimum absolute atomic E-state index is 0.478. The van der Waals surface area contributed by atoms with Gasteiger partial charge in [-0.05, 0) is 11.6 Å². The summed E-state index contributed by atoms with van der Waals surface area (Å²) in [5.41, 5.74) is -0.192. The van der Waals surface area contributed by atoms with Gasteiger partial charge in [0.15, 0.2) is 0 Å². The quantitative estimate of drug-likeness (QED) is 0.749. The number of allylic oxidation sites excluding steroid dienone is 2. The summed E-state index contributed by atoms with van der Waals surface area (Å²) in [5.74, 6) is 0. The first-order valence-electron chi connectivity index (χ1n) is 4.54. The lowest BCUT2D eigenvalue weighted by Crippen LogP contribution is -2.26. The molecule has 1 unspecified atom stereocenters. The van der Waals surface area contributed by atoms with Gasteiger partial charge in [0.1, 0.15) is 5.60 Å².